The number of H-pyrrole nitrogens is 1. The van der Waals surface area contributed by atoms with E-state index < -0.39 is 0 Å². The van der Waals surface area contributed by atoms with Gasteiger partial charge in [0.15, 0.2) is 0 Å². The molecule has 0 bridgehead atoms. The van der Waals surface area contributed by atoms with Crippen molar-refractivity contribution < 1.29 is 0 Å². The summed E-state index contributed by atoms with van der Waals surface area (Å²) in [5, 5.41) is 2.13. The number of hydrogen-bond acceptors (Lipinski definition) is 2. The molecule has 3 nitrogen and oxygen atoms in total. The van der Waals surface area contributed by atoms with E-state index in [9.17, 15) is 4.79 Å². The van der Waals surface area contributed by atoms with Crippen LogP contribution in [0.15, 0.2) is 41.3 Å². The Bertz CT molecular complexity index is 749. The zero-order chi connectivity index (χ0) is 11.1. The first kappa shape index (κ1) is 9.36. The van der Waals surface area contributed by atoms with E-state index in [4.69, 9.17) is 11.6 Å². The average Bonchev–Trinajstić information content (AvgIpc) is 2.31. The van der Waals surface area contributed by atoms with Crippen LogP contribution in [-0.2, 0) is 0 Å². The normalized spacial score (nSPS) is 11.1. The third-order valence-electron chi connectivity index (χ3n) is 2.55. The lowest BCUT2D eigenvalue weighted by atomic mass is 10.1. The Morgan fingerprint density at radius 2 is 2.06 bits per heavy atom. The Balaban J connectivity index is 2.60. The van der Waals surface area contributed by atoms with Gasteiger partial charge in [-0.15, -0.1) is 0 Å². The van der Waals surface area contributed by atoms with Crippen molar-refractivity contribution in [3.63, 3.8) is 0 Å². The highest BCUT2D eigenvalue weighted by atomic mass is 35.5. The largest absolute Gasteiger partial charge is 0.319 e. The van der Waals surface area contributed by atoms with Gasteiger partial charge in [-0.1, -0.05) is 35.9 Å². The monoisotopic (exact) mass is 230 g/mol. The molecule has 4 heteroatoms. The van der Waals surface area contributed by atoms with Crippen molar-refractivity contribution in [3.8, 4) is 0 Å². The van der Waals surface area contributed by atoms with Crippen molar-refractivity contribution in [2.24, 2.45) is 0 Å². The number of fused-ring (bicyclic) bond motifs is 3. The van der Waals surface area contributed by atoms with Crippen molar-refractivity contribution in [2.45, 2.75) is 0 Å². The molecule has 0 fully saturated rings. The second-order valence-corrected chi connectivity index (χ2v) is 3.96. The van der Waals surface area contributed by atoms with Crippen LogP contribution in [0.3, 0.4) is 0 Å². The third kappa shape index (κ3) is 1.29. The predicted molar refractivity (Wildman–Crippen MR) is 64.9 cm³/mol. The van der Waals surface area contributed by atoms with Crippen LogP contribution in [-0.4, -0.2) is 9.97 Å². The minimum absolute atomic E-state index is 0.162. The average molecular weight is 231 g/mol. The van der Waals surface area contributed by atoms with E-state index in [0.29, 0.717) is 5.52 Å². The van der Waals surface area contributed by atoms with Crippen LogP contribution in [0.1, 0.15) is 0 Å². The standard InChI is InChI=1S/C12H7ClN2O/c13-9-5-10-11(15-12(9)16)8-4-2-1-3-7(8)6-14-10/h1-6H,(H,15,16). The SMILES string of the molecule is O=c1[nH]c2c(cc1Cl)ncc1ccccc12. The van der Waals surface area contributed by atoms with Gasteiger partial charge < -0.3 is 4.98 Å². The van der Waals surface area contributed by atoms with Gasteiger partial charge in [0, 0.05) is 17.0 Å². The first-order valence-electron chi connectivity index (χ1n) is 4.82. The van der Waals surface area contributed by atoms with Gasteiger partial charge in [-0.25, -0.2) is 0 Å². The molecule has 1 aromatic carbocycles. The van der Waals surface area contributed by atoms with Gasteiger partial charge in [0.1, 0.15) is 5.02 Å². The Kier molecular flexibility index (Phi) is 1.94. The second kappa shape index (κ2) is 3.32. The summed E-state index contributed by atoms with van der Waals surface area (Å²) >= 11 is 5.76. The third-order valence-corrected chi connectivity index (χ3v) is 2.83. The van der Waals surface area contributed by atoms with Crippen LogP contribution in [0.25, 0.3) is 21.8 Å². The smallest absolute Gasteiger partial charge is 0.267 e. The molecule has 1 N–H and O–H groups in total. The topological polar surface area (TPSA) is 45.8 Å². The summed E-state index contributed by atoms with van der Waals surface area (Å²) in [7, 11) is 0. The van der Waals surface area contributed by atoms with Crippen molar-refractivity contribution >= 4 is 33.4 Å². The predicted octanol–water partition coefficient (Wildman–Crippen LogP) is 2.73. The van der Waals surface area contributed by atoms with Crippen LogP contribution in [0, 0.1) is 0 Å². The molecule has 3 rings (SSSR count). The summed E-state index contributed by atoms with van der Waals surface area (Å²) in [5.74, 6) is 0. The highest BCUT2D eigenvalue weighted by Crippen LogP contribution is 2.21. The highest BCUT2D eigenvalue weighted by Gasteiger charge is 2.04. The molecular formula is C12H7ClN2O. The molecule has 0 aliphatic heterocycles. The lowest BCUT2D eigenvalue weighted by Crippen LogP contribution is -2.06. The molecule has 0 saturated carbocycles. The fourth-order valence-electron chi connectivity index (χ4n) is 1.78. The molecule has 0 unspecified atom stereocenters. The summed E-state index contributed by atoms with van der Waals surface area (Å²) in [4.78, 5) is 18.5. The molecule has 0 spiro atoms. The van der Waals surface area contributed by atoms with Gasteiger partial charge in [-0.3, -0.25) is 9.78 Å². The molecule has 0 aliphatic carbocycles. The summed E-state index contributed by atoms with van der Waals surface area (Å²) in [5.41, 5.74) is 1.14. The molecule has 16 heavy (non-hydrogen) atoms. The van der Waals surface area contributed by atoms with Gasteiger partial charge in [-0.2, -0.15) is 0 Å². The second-order valence-electron chi connectivity index (χ2n) is 3.55. The van der Waals surface area contributed by atoms with Gasteiger partial charge in [0.2, 0.25) is 0 Å². The summed E-state index contributed by atoms with van der Waals surface area (Å²) in [6, 6.07) is 9.35. The number of pyridine rings is 2. The van der Waals surface area contributed by atoms with Crippen molar-refractivity contribution in [1.82, 2.24) is 9.97 Å². The maximum Gasteiger partial charge on any atom is 0.267 e. The Morgan fingerprint density at radius 1 is 1.25 bits per heavy atom. The summed E-state index contributed by atoms with van der Waals surface area (Å²) in [6.45, 7) is 0. The number of rotatable bonds is 0. The molecule has 0 amide bonds. The molecule has 78 valence electrons. The van der Waals surface area contributed by atoms with Crippen LogP contribution < -0.4 is 5.56 Å². The van der Waals surface area contributed by atoms with Crippen LogP contribution in [0.4, 0.5) is 0 Å². The lowest BCUT2D eigenvalue weighted by Gasteiger charge is -2.02. The van der Waals surface area contributed by atoms with Crippen molar-refractivity contribution in [2.75, 3.05) is 0 Å². The number of nitrogens with one attached hydrogen (secondary N) is 1. The van der Waals surface area contributed by atoms with Crippen LogP contribution >= 0.6 is 11.6 Å². The number of aromatic amines is 1. The fraction of sp³-hybridized carbons (Fsp3) is 0. The minimum atomic E-state index is -0.285. The number of benzene rings is 1. The van der Waals surface area contributed by atoms with Gasteiger partial charge in [0.25, 0.3) is 5.56 Å². The van der Waals surface area contributed by atoms with E-state index in [1.165, 1.54) is 0 Å². The summed E-state index contributed by atoms with van der Waals surface area (Å²) < 4.78 is 0. The maximum absolute atomic E-state index is 11.5. The molecular weight excluding hydrogens is 224 g/mol. The highest BCUT2D eigenvalue weighted by molar-refractivity contribution is 6.31. The Morgan fingerprint density at radius 3 is 2.94 bits per heavy atom. The molecule has 0 radical (unpaired) electrons. The molecule has 0 atom stereocenters. The van der Waals surface area contributed by atoms with E-state index in [2.05, 4.69) is 9.97 Å². The van der Waals surface area contributed by atoms with Gasteiger partial charge in [-0.05, 0) is 6.07 Å². The zero-order valence-corrected chi connectivity index (χ0v) is 8.95. The molecule has 2 heterocycles. The molecule has 0 aliphatic rings. The van der Waals surface area contributed by atoms with Gasteiger partial charge in [0.05, 0.1) is 11.0 Å². The maximum atomic E-state index is 11.5. The number of halogens is 1. The Hall–Kier alpha value is -1.87. The van der Waals surface area contributed by atoms with E-state index in [1.807, 2.05) is 24.3 Å². The van der Waals surface area contributed by atoms with E-state index in [-0.39, 0.29) is 10.6 Å². The molecule has 0 saturated heterocycles. The zero-order valence-electron chi connectivity index (χ0n) is 8.20. The van der Waals surface area contributed by atoms with Crippen LogP contribution in [0.2, 0.25) is 5.02 Å². The van der Waals surface area contributed by atoms with E-state index in [0.717, 1.165) is 16.3 Å². The number of nitrogens with zero attached hydrogens (tertiary/aromatic N) is 1. The minimum Gasteiger partial charge on any atom is -0.319 e. The molecule has 2 aromatic heterocycles. The van der Waals surface area contributed by atoms with E-state index in [1.54, 1.807) is 12.3 Å². The van der Waals surface area contributed by atoms with Crippen molar-refractivity contribution in [1.29, 1.82) is 0 Å². The Labute approximate surface area is 95.7 Å². The fourth-order valence-corrected chi connectivity index (χ4v) is 1.93. The first-order chi connectivity index (χ1) is 7.75. The van der Waals surface area contributed by atoms with Gasteiger partial charge >= 0.3 is 0 Å². The summed E-state index contributed by atoms with van der Waals surface area (Å²) in [6.07, 6.45) is 1.77. The van der Waals surface area contributed by atoms with Crippen molar-refractivity contribution in [3.05, 3.63) is 51.9 Å². The van der Waals surface area contributed by atoms with Crippen LogP contribution in [0.5, 0.6) is 0 Å². The first-order valence-corrected chi connectivity index (χ1v) is 5.20. The lowest BCUT2D eigenvalue weighted by molar-refractivity contribution is 1.29. The number of hydrogen-bond donors (Lipinski definition) is 1. The quantitative estimate of drug-likeness (QED) is 0.604. The molecule has 3 aromatic rings. The number of aromatic nitrogens is 2. The van der Waals surface area contributed by atoms with E-state index >= 15 is 0 Å².